The fourth-order valence-electron chi connectivity index (χ4n) is 1.74. The van der Waals surface area contributed by atoms with Crippen molar-refractivity contribution >= 4 is 5.97 Å². The summed E-state index contributed by atoms with van der Waals surface area (Å²) in [5.74, 6) is -0.541. The van der Waals surface area contributed by atoms with Crippen LogP contribution in [0.2, 0.25) is 0 Å². The molecule has 0 saturated carbocycles. The average molecular weight is 251 g/mol. The summed E-state index contributed by atoms with van der Waals surface area (Å²) < 4.78 is 5.17. The molecule has 1 aromatic carbocycles. The summed E-state index contributed by atoms with van der Waals surface area (Å²) >= 11 is 0. The largest absolute Gasteiger partial charge is 0.496 e. The molecule has 4 nitrogen and oxygen atoms in total. The van der Waals surface area contributed by atoms with Gasteiger partial charge in [0.15, 0.2) is 0 Å². The smallest absolute Gasteiger partial charge is 0.325 e. The first-order valence-electron chi connectivity index (χ1n) is 6.00. The van der Waals surface area contributed by atoms with Crippen LogP contribution in [-0.2, 0) is 10.2 Å². The number of carboxylic acids is 1. The molecule has 0 spiro atoms. The van der Waals surface area contributed by atoms with E-state index in [0.29, 0.717) is 11.3 Å². The van der Waals surface area contributed by atoms with E-state index in [9.17, 15) is 4.79 Å². The molecule has 18 heavy (non-hydrogen) atoms. The number of rotatable bonds is 5. The molecule has 3 N–H and O–H groups in total. The van der Waals surface area contributed by atoms with E-state index in [1.54, 1.807) is 6.07 Å². The molecule has 0 fully saturated rings. The summed E-state index contributed by atoms with van der Waals surface area (Å²) in [5, 5.41) is 9.03. The Bertz CT molecular complexity index is 441. The number of ether oxygens (including phenoxy) is 1. The molecule has 0 saturated heterocycles. The van der Waals surface area contributed by atoms with Crippen LogP contribution in [-0.4, -0.2) is 18.2 Å². The Hall–Kier alpha value is -1.55. The van der Waals surface area contributed by atoms with Gasteiger partial charge in [-0.05, 0) is 29.5 Å². The van der Waals surface area contributed by atoms with Crippen molar-refractivity contribution in [3.05, 3.63) is 29.3 Å². The van der Waals surface area contributed by atoms with E-state index < -0.39 is 12.0 Å². The van der Waals surface area contributed by atoms with Crippen molar-refractivity contribution in [2.24, 2.45) is 5.73 Å². The van der Waals surface area contributed by atoms with E-state index in [-0.39, 0.29) is 5.41 Å². The SMILES string of the molecule is CCC(C)(C)c1ccc(OC)c(C(N)C(=O)O)c1. The summed E-state index contributed by atoms with van der Waals surface area (Å²) in [7, 11) is 1.51. The minimum atomic E-state index is -1.06. The molecule has 4 heteroatoms. The first kappa shape index (κ1) is 14.5. The van der Waals surface area contributed by atoms with Crippen molar-refractivity contribution in [1.29, 1.82) is 0 Å². The molecule has 1 aromatic rings. The second-order valence-electron chi connectivity index (χ2n) is 5.01. The topological polar surface area (TPSA) is 72.5 Å². The van der Waals surface area contributed by atoms with E-state index in [1.807, 2.05) is 12.1 Å². The first-order valence-corrected chi connectivity index (χ1v) is 6.00. The van der Waals surface area contributed by atoms with Gasteiger partial charge in [0.2, 0.25) is 0 Å². The first-order chi connectivity index (χ1) is 8.33. The Morgan fingerprint density at radius 2 is 2.11 bits per heavy atom. The molecular weight excluding hydrogens is 230 g/mol. The lowest BCUT2D eigenvalue weighted by atomic mass is 9.81. The van der Waals surface area contributed by atoms with Gasteiger partial charge in [-0.25, -0.2) is 0 Å². The fourth-order valence-corrected chi connectivity index (χ4v) is 1.74. The van der Waals surface area contributed by atoms with Crippen molar-refractivity contribution in [3.8, 4) is 5.75 Å². The molecular formula is C14H21NO3. The van der Waals surface area contributed by atoms with E-state index in [4.69, 9.17) is 15.6 Å². The molecule has 0 amide bonds. The third-order valence-electron chi connectivity index (χ3n) is 3.50. The summed E-state index contributed by atoms with van der Waals surface area (Å²) in [6.45, 7) is 6.33. The van der Waals surface area contributed by atoms with Gasteiger partial charge >= 0.3 is 5.97 Å². The van der Waals surface area contributed by atoms with Gasteiger partial charge in [0.25, 0.3) is 0 Å². The Labute approximate surface area is 108 Å². The maximum atomic E-state index is 11.0. The molecule has 1 rings (SSSR count). The van der Waals surface area contributed by atoms with Gasteiger partial charge < -0.3 is 15.6 Å². The zero-order valence-corrected chi connectivity index (χ0v) is 11.4. The molecule has 0 aliphatic heterocycles. The lowest BCUT2D eigenvalue weighted by Gasteiger charge is -2.25. The predicted octanol–water partition coefficient (Wildman–Crippen LogP) is 2.47. The number of hydrogen-bond donors (Lipinski definition) is 2. The van der Waals surface area contributed by atoms with Gasteiger partial charge in [0.05, 0.1) is 7.11 Å². The lowest BCUT2D eigenvalue weighted by Crippen LogP contribution is -2.23. The Balaban J connectivity index is 3.30. The van der Waals surface area contributed by atoms with Crippen LogP contribution in [0.15, 0.2) is 18.2 Å². The summed E-state index contributed by atoms with van der Waals surface area (Å²) in [4.78, 5) is 11.0. The molecule has 0 aliphatic rings. The summed E-state index contributed by atoms with van der Waals surface area (Å²) in [6, 6.07) is 4.51. The molecule has 0 radical (unpaired) electrons. The number of hydrogen-bond acceptors (Lipinski definition) is 3. The molecule has 0 heterocycles. The van der Waals surface area contributed by atoms with Crippen LogP contribution in [0.5, 0.6) is 5.75 Å². The van der Waals surface area contributed by atoms with Crippen LogP contribution >= 0.6 is 0 Å². The monoisotopic (exact) mass is 251 g/mol. The van der Waals surface area contributed by atoms with Gasteiger partial charge in [0, 0.05) is 5.56 Å². The standard InChI is InChI=1S/C14H21NO3/c1-5-14(2,3)9-6-7-11(18-4)10(8-9)12(15)13(16)17/h6-8,12H,5,15H2,1-4H3,(H,16,17). The third kappa shape index (κ3) is 2.82. The second kappa shape index (κ2) is 5.40. The quantitative estimate of drug-likeness (QED) is 0.843. The maximum absolute atomic E-state index is 11.0. The van der Waals surface area contributed by atoms with Crippen molar-refractivity contribution in [2.75, 3.05) is 7.11 Å². The van der Waals surface area contributed by atoms with Crippen molar-refractivity contribution in [1.82, 2.24) is 0 Å². The van der Waals surface area contributed by atoms with Gasteiger partial charge in [-0.3, -0.25) is 4.79 Å². The van der Waals surface area contributed by atoms with Crippen molar-refractivity contribution in [2.45, 2.75) is 38.6 Å². The molecule has 0 aliphatic carbocycles. The average Bonchev–Trinajstić information content (AvgIpc) is 2.36. The second-order valence-corrected chi connectivity index (χ2v) is 5.01. The van der Waals surface area contributed by atoms with E-state index >= 15 is 0 Å². The van der Waals surface area contributed by atoms with Crippen molar-refractivity contribution < 1.29 is 14.6 Å². The number of aliphatic carboxylic acids is 1. The normalized spacial score (nSPS) is 13.2. The molecule has 100 valence electrons. The Kier molecular flexibility index (Phi) is 4.35. The molecule has 1 unspecified atom stereocenters. The van der Waals surface area contributed by atoms with E-state index in [0.717, 1.165) is 12.0 Å². The minimum Gasteiger partial charge on any atom is -0.496 e. The predicted molar refractivity (Wildman–Crippen MR) is 70.9 cm³/mol. The zero-order chi connectivity index (χ0) is 13.9. The highest BCUT2D eigenvalue weighted by Crippen LogP contribution is 2.32. The highest BCUT2D eigenvalue weighted by atomic mass is 16.5. The van der Waals surface area contributed by atoms with Crippen molar-refractivity contribution in [3.63, 3.8) is 0 Å². The van der Waals surface area contributed by atoms with Gasteiger partial charge in [0.1, 0.15) is 11.8 Å². The van der Waals surface area contributed by atoms with Crippen LogP contribution in [0.3, 0.4) is 0 Å². The Morgan fingerprint density at radius 3 is 2.56 bits per heavy atom. The molecule has 0 aromatic heterocycles. The maximum Gasteiger partial charge on any atom is 0.325 e. The van der Waals surface area contributed by atoms with Crippen LogP contribution in [0.1, 0.15) is 44.4 Å². The highest BCUT2D eigenvalue weighted by molar-refractivity contribution is 5.76. The van der Waals surface area contributed by atoms with Gasteiger partial charge in [-0.2, -0.15) is 0 Å². The fraction of sp³-hybridized carbons (Fsp3) is 0.500. The van der Waals surface area contributed by atoms with E-state index in [1.165, 1.54) is 7.11 Å². The number of carboxylic acid groups (broad SMARTS) is 1. The lowest BCUT2D eigenvalue weighted by molar-refractivity contribution is -0.138. The van der Waals surface area contributed by atoms with Crippen LogP contribution in [0.4, 0.5) is 0 Å². The van der Waals surface area contributed by atoms with Gasteiger partial charge in [-0.1, -0.05) is 26.8 Å². The molecule has 1 atom stereocenters. The Morgan fingerprint density at radius 1 is 1.50 bits per heavy atom. The molecule has 0 bridgehead atoms. The third-order valence-corrected chi connectivity index (χ3v) is 3.50. The number of carbonyl (C=O) groups is 1. The van der Waals surface area contributed by atoms with E-state index in [2.05, 4.69) is 20.8 Å². The van der Waals surface area contributed by atoms with Crippen LogP contribution in [0.25, 0.3) is 0 Å². The number of nitrogens with two attached hydrogens (primary N) is 1. The summed E-state index contributed by atoms with van der Waals surface area (Å²) in [6.07, 6.45) is 0.959. The number of methoxy groups -OCH3 is 1. The minimum absolute atomic E-state index is 0.0146. The number of benzene rings is 1. The zero-order valence-electron chi connectivity index (χ0n) is 11.4. The van der Waals surface area contributed by atoms with Crippen LogP contribution in [0, 0.1) is 0 Å². The van der Waals surface area contributed by atoms with Gasteiger partial charge in [-0.15, -0.1) is 0 Å². The highest BCUT2D eigenvalue weighted by Gasteiger charge is 2.24. The van der Waals surface area contributed by atoms with Crippen LogP contribution < -0.4 is 10.5 Å². The summed E-state index contributed by atoms with van der Waals surface area (Å²) in [5.41, 5.74) is 7.26.